The third-order valence-electron chi connectivity index (χ3n) is 4.96. The Morgan fingerprint density at radius 1 is 1.13 bits per heavy atom. The maximum Gasteiger partial charge on any atom is 0.338 e. The lowest BCUT2D eigenvalue weighted by molar-refractivity contribution is 0.0499. The molecule has 0 spiro atoms. The fourth-order valence-corrected chi connectivity index (χ4v) is 4.80. The van der Waals surface area contributed by atoms with Gasteiger partial charge in [-0.2, -0.15) is 0 Å². The van der Waals surface area contributed by atoms with Crippen molar-refractivity contribution in [3.63, 3.8) is 0 Å². The highest BCUT2D eigenvalue weighted by Gasteiger charge is 2.32. The quantitative estimate of drug-likeness (QED) is 0.535. The van der Waals surface area contributed by atoms with Crippen LogP contribution >= 0.6 is 0 Å². The minimum atomic E-state index is -3.37. The SMILES string of the molecule is CCCCOC(=O)c1ccc(NC(=O)c2ccc3c(c2)C[C@H](C)N3S(C)(=O)=O)cc1. The first-order chi connectivity index (χ1) is 14.2. The van der Waals surface area contributed by atoms with Crippen molar-refractivity contribution in [1.29, 1.82) is 0 Å². The molecule has 8 heteroatoms. The molecule has 1 heterocycles. The molecule has 30 heavy (non-hydrogen) atoms. The van der Waals surface area contributed by atoms with E-state index in [1.54, 1.807) is 42.5 Å². The minimum Gasteiger partial charge on any atom is -0.462 e. The number of hydrogen-bond acceptors (Lipinski definition) is 5. The van der Waals surface area contributed by atoms with Crippen LogP contribution < -0.4 is 9.62 Å². The number of hydrogen-bond donors (Lipinski definition) is 1. The first-order valence-corrected chi connectivity index (χ1v) is 11.8. The van der Waals surface area contributed by atoms with Crippen LogP contribution in [0, 0.1) is 0 Å². The molecule has 0 aliphatic carbocycles. The summed E-state index contributed by atoms with van der Waals surface area (Å²) < 4.78 is 30.6. The molecule has 1 aliphatic heterocycles. The van der Waals surface area contributed by atoms with Crippen LogP contribution in [0.2, 0.25) is 0 Å². The Morgan fingerprint density at radius 3 is 2.43 bits per heavy atom. The second-order valence-electron chi connectivity index (χ2n) is 7.48. The smallest absolute Gasteiger partial charge is 0.338 e. The zero-order valence-electron chi connectivity index (χ0n) is 17.3. The number of anilines is 2. The lowest BCUT2D eigenvalue weighted by atomic mass is 10.1. The average molecular weight is 431 g/mol. The summed E-state index contributed by atoms with van der Waals surface area (Å²) in [6.45, 7) is 4.26. The highest BCUT2D eigenvalue weighted by molar-refractivity contribution is 7.92. The third-order valence-corrected chi connectivity index (χ3v) is 6.23. The highest BCUT2D eigenvalue weighted by atomic mass is 32.2. The molecule has 2 aromatic carbocycles. The molecule has 1 atom stereocenters. The number of fused-ring (bicyclic) bond motifs is 1. The molecule has 0 unspecified atom stereocenters. The largest absolute Gasteiger partial charge is 0.462 e. The molecule has 0 saturated carbocycles. The lowest BCUT2D eigenvalue weighted by Crippen LogP contribution is -2.34. The number of ether oxygens (including phenoxy) is 1. The number of amides is 1. The molecule has 0 radical (unpaired) electrons. The molecule has 0 saturated heterocycles. The van der Waals surface area contributed by atoms with Gasteiger partial charge in [0.15, 0.2) is 0 Å². The van der Waals surface area contributed by atoms with Crippen molar-refractivity contribution in [3.05, 3.63) is 59.2 Å². The lowest BCUT2D eigenvalue weighted by Gasteiger charge is -2.21. The Kier molecular flexibility index (Phi) is 6.45. The number of rotatable bonds is 7. The summed E-state index contributed by atoms with van der Waals surface area (Å²) in [6, 6.07) is 11.3. The van der Waals surface area contributed by atoms with Crippen LogP contribution in [-0.2, 0) is 21.2 Å². The average Bonchev–Trinajstić information content (AvgIpc) is 3.03. The van der Waals surface area contributed by atoms with Gasteiger partial charge in [0.1, 0.15) is 0 Å². The summed E-state index contributed by atoms with van der Waals surface area (Å²) in [7, 11) is -3.37. The van der Waals surface area contributed by atoms with E-state index in [2.05, 4.69) is 5.32 Å². The molecule has 160 valence electrons. The van der Waals surface area contributed by atoms with Crippen LogP contribution in [0.3, 0.4) is 0 Å². The van der Waals surface area contributed by atoms with Crippen molar-refractivity contribution >= 4 is 33.3 Å². The number of nitrogens with zero attached hydrogens (tertiary/aromatic N) is 1. The molecule has 1 N–H and O–H groups in total. The minimum absolute atomic E-state index is 0.182. The van der Waals surface area contributed by atoms with Gasteiger partial charge in [0.25, 0.3) is 5.91 Å². The molecule has 3 rings (SSSR count). The van der Waals surface area contributed by atoms with Gasteiger partial charge in [-0.05, 0) is 67.8 Å². The zero-order valence-corrected chi connectivity index (χ0v) is 18.2. The highest BCUT2D eigenvalue weighted by Crippen LogP contribution is 2.34. The number of nitrogens with one attached hydrogen (secondary N) is 1. The van der Waals surface area contributed by atoms with E-state index in [1.807, 2.05) is 13.8 Å². The molecule has 1 aliphatic rings. The summed E-state index contributed by atoms with van der Waals surface area (Å²) in [6.07, 6.45) is 3.51. The second-order valence-corrected chi connectivity index (χ2v) is 9.34. The fourth-order valence-electron chi connectivity index (χ4n) is 3.53. The van der Waals surface area contributed by atoms with Crippen molar-refractivity contribution in [3.8, 4) is 0 Å². The van der Waals surface area contributed by atoms with Crippen LogP contribution in [0.4, 0.5) is 11.4 Å². The summed E-state index contributed by atoms with van der Waals surface area (Å²) >= 11 is 0. The third kappa shape index (κ3) is 4.81. The number of unbranched alkanes of at least 4 members (excludes halogenated alkanes) is 1. The molecule has 0 bridgehead atoms. The van der Waals surface area contributed by atoms with Crippen molar-refractivity contribution in [2.45, 2.75) is 39.2 Å². The summed E-state index contributed by atoms with van der Waals surface area (Å²) in [5.74, 6) is -0.689. The molecule has 2 aromatic rings. The molecule has 7 nitrogen and oxygen atoms in total. The number of sulfonamides is 1. The number of esters is 1. The zero-order chi connectivity index (χ0) is 21.9. The van der Waals surface area contributed by atoms with Gasteiger partial charge in [-0.25, -0.2) is 13.2 Å². The molecular weight excluding hydrogens is 404 g/mol. The number of carbonyl (C=O) groups is 2. The van der Waals surface area contributed by atoms with Gasteiger partial charge in [0.05, 0.1) is 24.1 Å². The Balaban J connectivity index is 1.69. The normalized spacial score (nSPS) is 15.6. The monoisotopic (exact) mass is 430 g/mol. The topological polar surface area (TPSA) is 92.8 Å². The van der Waals surface area contributed by atoms with Crippen LogP contribution in [0.15, 0.2) is 42.5 Å². The van der Waals surface area contributed by atoms with Gasteiger partial charge >= 0.3 is 5.97 Å². The number of carbonyl (C=O) groups excluding carboxylic acids is 2. The Labute approximate surface area is 177 Å². The first kappa shape index (κ1) is 21.8. The Hall–Kier alpha value is -2.87. The first-order valence-electron chi connectivity index (χ1n) is 9.91. The fraction of sp³-hybridized carbons (Fsp3) is 0.364. The Bertz CT molecular complexity index is 1050. The van der Waals surface area contributed by atoms with Crippen molar-refractivity contribution < 1.29 is 22.7 Å². The molecule has 0 fully saturated rings. The van der Waals surface area contributed by atoms with Gasteiger partial charge in [-0.15, -0.1) is 0 Å². The van der Waals surface area contributed by atoms with E-state index in [-0.39, 0.29) is 17.9 Å². The summed E-state index contributed by atoms with van der Waals surface area (Å²) in [5, 5.41) is 2.80. The predicted molar refractivity (Wildman–Crippen MR) is 117 cm³/mol. The summed E-state index contributed by atoms with van der Waals surface area (Å²) in [5.41, 5.74) is 2.87. The number of benzene rings is 2. The maximum absolute atomic E-state index is 12.6. The van der Waals surface area contributed by atoms with Gasteiger partial charge in [0, 0.05) is 17.3 Å². The van der Waals surface area contributed by atoms with Crippen LogP contribution in [0.1, 0.15) is 53.0 Å². The van der Waals surface area contributed by atoms with Gasteiger partial charge < -0.3 is 10.1 Å². The van der Waals surface area contributed by atoms with Crippen LogP contribution in [0.5, 0.6) is 0 Å². The molecule has 1 amide bonds. The van der Waals surface area contributed by atoms with Gasteiger partial charge in [0.2, 0.25) is 10.0 Å². The van der Waals surface area contributed by atoms with Gasteiger partial charge in [-0.3, -0.25) is 9.10 Å². The van der Waals surface area contributed by atoms with E-state index < -0.39 is 10.0 Å². The van der Waals surface area contributed by atoms with Crippen molar-refractivity contribution in [1.82, 2.24) is 0 Å². The second kappa shape index (κ2) is 8.87. The predicted octanol–water partition coefficient (Wildman–Crippen LogP) is 3.61. The Morgan fingerprint density at radius 2 is 1.80 bits per heavy atom. The molecular formula is C22H26N2O5S. The maximum atomic E-state index is 12.6. The summed E-state index contributed by atoms with van der Waals surface area (Å²) in [4.78, 5) is 24.6. The van der Waals surface area contributed by atoms with Crippen LogP contribution in [0.25, 0.3) is 0 Å². The van der Waals surface area contributed by atoms with E-state index in [1.165, 1.54) is 10.6 Å². The van der Waals surface area contributed by atoms with Crippen molar-refractivity contribution in [2.75, 3.05) is 22.5 Å². The van der Waals surface area contributed by atoms with E-state index >= 15 is 0 Å². The molecule has 0 aromatic heterocycles. The van der Waals surface area contributed by atoms with Crippen molar-refractivity contribution in [2.24, 2.45) is 0 Å². The standard InChI is InChI=1S/C22H26N2O5S/c1-4-5-12-29-22(26)16-6-9-19(10-7-16)23-21(25)17-8-11-20-18(14-17)13-15(2)24(20)30(3,27)28/h6-11,14-15H,4-5,12-13H2,1-3H3,(H,23,25)/t15-/m0/s1. The van der Waals surface area contributed by atoms with E-state index in [0.29, 0.717) is 35.5 Å². The van der Waals surface area contributed by atoms with Gasteiger partial charge in [-0.1, -0.05) is 13.3 Å². The van der Waals surface area contributed by atoms with Crippen LogP contribution in [-0.4, -0.2) is 39.2 Å². The van der Waals surface area contributed by atoms with E-state index in [4.69, 9.17) is 4.74 Å². The van der Waals surface area contributed by atoms with E-state index in [0.717, 1.165) is 18.4 Å². The van der Waals surface area contributed by atoms with E-state index in [9.17, 15) is 18.0 Å².